The third-order valence-electron chi connectivity index (χ3n) is 6.25. The lowest BCUT2D eigenvalue weighted by molar-refractivity contribution is -0.114. The van der Waals surface area contributed by atoms with E-state index >= 15 is 0 Å². The summed E-state index contributed by atoms with van der Waals surface area (Å²) in [6.45, 7) is 6.54. The summed E-state index contributed by atoms with van der Waals surface area (Å²) >= 11 is 0. The summed E-state index contributed by atoms with van der Waals surface area (Å²) < 4.78 is 5.54. The van der Waals surface area contributed by atoms with E-state index in [9.17, 15) is 9.59 Å². The Morgan fingerprint density at radius 3 is 2.14 bits per heavy atom. The van der Waals surface area contributed by atoms with E-state index in [4.69, 9.17) is 4.74 Å². The zero-order chi connectivity index (χ0) is 24.8. The molecule has 2 N–H and O–H groups in total. The van der Waals surface area contributed by atoms with Crippen molar-refractivity contribution in [2.75, 3.05) is 48.4 Å². The number of rotatable bonds is 7. The Balaban J connectivity index is 1.55. The molecule has 2 amide bonds. The largest absolute Gasteiger partial charge is 0.495 e. The fourth-order valence-corrected chi connectivity index (χ4v) is 4.45. The van der Waals surface area contributed by atoms with Crippen LogP contribution >= 0.6 is 0 Å². The number of carbonyl (C=O) groups is 2. The van der Waals surface area contributed by atoms with E-state index in [1.54, 1.807) is 13.2 Å². The molecule has 0 saturated carbocycles. The Hall–Kier alpha value is -4.00. The molecule has 3 aromatic rings. The minimum absolute atomic E-state index is 0.150. The lowest BCUT2D eigenvalue weighted by atomic mass is 10.1. The van der Waals surface area contributed by atoms with Gasteiger partial charge in [-0.15, -0.1) is 0 Å². The Morgan fingerprint density at radius 1 is 0.857 bits per heavy atom. The number of carbonyl (C=O) groups excluding carboxylic acids is 2. The molecule has 4 rings (SSSR count). The Labute approximate surface area is 206 Å². The molecule has 0 radical (unpaired) electrons. The number of anilines is 3. The van der Waals surface area contributed by atoms with Gasteiger partial charge in [0, 0.05) is 44.5 Å². The van der Waals surface area contributed by atoms with Crippen molar-refractivity contribution in [1.82, 2.24) is 5.32 Å². The van der Waals surface area contributed by atoms with Gasteiger partial charge >= 0.3 is 0 Å². The van der Waals surface area contributed by atoms with Gasteiger partial charge < -0.3 is 25.2 Å². The second kappa shape index (κ2) is 11.0. The minimum Gasteiger partial charge on any atom is -0.495 e. The van der Waals surface area contributed by atoms with Crippen LogP contribution in [0.15, 0.2) is 72.8 Å². The molecule has 1 atom stereocenters. The molecule has 3 aromatic carbocycles. The number of nitrogens with zero attached hydrogens (tertiary/aromatic N) is 2. The monoisotopic (exact) mass is 472 g/mol. The molecule has 1 unspecified atom stereocenters. The molecule has 182 valence electrons. The van der Waals surface area contributed by atoms with Crippen LogP contribution in [-0.4, -0.2) is 45.1 Å². The molecule has 1 aliphatic heterocycles. The van der Waals surface area contributed by atoms with Crippen molar-refractivity contribution in [3.05, 3.63) is 83.9 Å². The number of ether oxygens (including phenoxy) is 1. The Morgan fingerprint density at radius 2 is 1.49 bits per heavy atom. The summed E-state index contributed by atoms with van der Waals surface area (Å²) in [6, 6.07) is 23.3. The summed E-state index contributed by atoms with van der Waals surface area (Å²) in [5, 5.41) is 5.91. The molecule has 0 spiro atoms. The van der Waals surface area contributed by atoms with Crippen LogP contribution in [0, 0.1) is 0 Å². The van der Waals surface area contributed by atoms with Crippen molar-refractivity contribution < 1.29 is 14.3 Å². The van der Waals surface area contributed by atoms with Gasteiger partial charge in [-0.25, -0.2) is 0 Å². The van der Waals surface area contributed by atoms with Crippen molar-refractivity contribution in [3.63, 3.8) is 0 Å². The Bertz CT molecular complexity index is 1170. The molecular weight excluding hydrogens is 440 g/mol. The van der Waals surface area contributed by atoms with Crippen molar-refractivity contribution in [1.29, 1.82) is 0 Å². The van der Waals surface area contributed by atoms with Crippen LogP contribution in [0.2, 0.25) is 0 Å². The van der Waals surface area contributed by atoms with Gasteiger partial charge in [-0.05, 0) is 42.8 Å². The summed E-state index contributed by atoms with van der Waals surface area (Å²) in [4.78, 5) is 29.6. The zero-order valence-electron chi connectivity index (χ0n) is 20.5. The molecule has 7 nitrogen and oxygen atoms in total. The minimum atomic E-state index is -0.174. The average molecular weight is 473 g/mol. The summed E-state index contributed by atoms with van der Waals surface area (Å²) in [7, 11) is 1.69. The standard InChI is InChI=1S/C28H32N4O3/c1-20(22-9-5-4-6-10-22)29-28(34)24-19-23(30-21(2)33)13-14-25(24)31-15-17-32(18-16-31)26-11-7-8-12-27(26)35-3/h4-14,19-20H,15-18H2,1-3H3,(H,29,34)(H,30,33). The summed E-state index contributed by atoms with van der Waals surface area (Å²) in [5.74, 6) is 0.512. The first-order valence-electron chi connectivity index (χ1n) is 11.9. The van der Waals surface area contributed by atoms with Crippen LogP contribution < -0.4 is 25.2 Å². The molecule has 1 saturated heterocycles. The first-order chi connectivity index (χ1) is 17.0. The van der Waals surface area contributed by atoms with Gasteiger partial charge in [-0.3, -0.25) is 9.59 Å². The highest BCUT2D eigenvalue weighted by Crippen LogP contribution is 2.31. The maximum atomic E-state index is 13.4. The van der Waals surface area contributed by atoms with Crippen LogP contribution in [0.4, 0.5) is 17.1 Å². The van der Waals surface area contributed by atoms with Crippen molar-refractivity contribution in [2.45, 2.75) is 19.9 Å². The number of hydrogen-bond donors (Lipinski definition) is 2. The van der Waals surface area contributed by atoms with E-state index in [0.717, 1.165) is 48.9 Å². The van der Waals surface area contributed by atoms with Gasteiger partial charge in [0.2, 0.25) is 5.91 Å². The van der Waals surface area contributed by atoms with E-state index in [1.165, 1.54) is 6.92 Å². The highest BCUT2D eigenvalue weighted by molar-refractivity contribution is 6.02. The van der Waals surface area contributed by atoms with E-state index in [-0.39, 0.29) is 17.9 Å². The predicted molar refractivity (Wildman–Crippen MR) is 140 cm³/mol. The predicted octanol–water partition coefficient (Wildman–Crippen LogP) is 4.47. The molecule has 1 aliphatic rings. The van der Waals surface area contributed by atoms with Crippen molar-refractivity contribution in [2.24, 2.45) is 0 Å². The maximum absolute atomic E-state index is 13.4. The Kier molecular flexibility index (Phi) is 7.55. The molecular formula is C28H32N4O3. The van der Waals surface area contributed by atoms with E-state index in [1.807, 2.05) is 67.6 Å². The third kappa shape index (κ3) is 5.74. The molecule has 1 fully saturated rings. The van der Waals surface area contributed by atoms with Crippen LogP contribution in [0.3, 0.4) is 0 Å². The molecule has 1 heterocycles. The number of nitrogens with one attached hydrogen (secondary N) is 2. The number of benzene rings is 3. The van der Waals surface area contributed by atoms with Gasteiger partial charge in [0.05, 0.1) is 24.4 Å². The third-order valence-corrected chi connectivity index (χ3v) is 6.25. The first-order valence-corrected chi connectivity index (χ1v) is 11.9. The highest BCUT2D eigenvalue weighted by atomic mass is 16.5. The number of piperazine rings is 1. The second-order valence-corrected chi connectivity index (χ2v) is 8.66. The molecule has 0 aromatic heterocycles. The number of amides is 2. The van der Waals surface area contributed by atoms with Crippen molar-refractivity contribution in [3.8, 4) is 5.75 Å². The van der Waals surface area contributed by atoms with Gasteiger partial charge in [-0.2, -0.15) is 0 Å². The topological polar surface area (TPSA) is 73.9 Å². The second-order valence-electron chi connectivity index (χ2n) is 8.66. The van der Waals surface area contributed by atoms with Crippen LogP contribution in [0.25, 0.3) is 0 Å². The van der Waals surface area contributed by atoms with Crippen LogP contribution in [0.5, 0.6) is 5.75 Å². The lowest BCUT2D eigenvalue weighted by Gasteiger charge is -2.38. The SMILES string of the molecule is COc1ccccc1N1CCN(c2ccc(NC(C)=O)cc2C(=O)NC(C)c2ccccc2)CC1. The first kappa shape index (κ1) is 24.1. The molecule has 0 bridgehead atoms. The van der Waals surface area contributed by atoms with Gasteiger partial charge in [0.25, 0.3) is 5.91 Å². The van der Waals surface area contributed by atoms with Crippen molar-refractivity contribution >= 4 is 28.9 Å². The number of hydrogen-bond acceptors (Lipinski definition) is 5. The zero-order valence-corrected chi connectivity index (χ0v) is 20.5. The van der Waals surface area contributed by atoms with Gasteiger partial charge in [0.1, 0.15) is 5.75 Å². The summed E-state index contributed by atoms with van der Waals surface area (Å²) in [6.07, 6.45) is 0. The highest BCUT2D eigenvalue weighted by Gasteiger charge is 2.24. The fourth-order valence-electron chi connectivity index (χ4n) is 4.45. The van der Waals surface area contributed by atoms with Crippen LogP contribution in [-0.2, 0) is 4.79 Å². The van der Waals surface area contributed by atoms with Crippen LogP contribution in [0.1, 0.15) is 35.8 Å². The number of para-hydroxylation sites is 2. The normalized spacial score (nSPS) is 14.3. The quantitative estimate of drug-likeness (QED) is 0.531. The maximum Gasteiger partial charge on any atom is 0.253 e. The molecule has 0 aliphatic carbocycles. The number of methoxy groups -OCH3 is 1. The average Bonchev–Trinajstić information content (AvgIpc) is 2.89. The molecule has 7 heteroatoms. The van der Waals surface area contributed by atoms with E-state index < -0.39 is 0 Å². The van der Waals surface area contributed by atoms with Gasteiger partial charge in [-0.1, -0.05) is 42.5 Å². The smallest absolute Gasteiger partial charge is 0.253 e. The molecule has 35 heavy (non-hydrogen) atoms. The lowest BCUT2D eigenvalue weighted by Crippen LogP contribution is -2.47. The van der Waals surface area contributed by atoms with E-state index in [0.29, 0.717) is 11.3 Å². The van der Waals surface area contributed by atoms with Gasteiger partial charge in [0.15, 0.2) is 0 Å². The fraction of sp³-hybridized carbons (Fsp3) is 0.286. The van der Waals surface area contributed by atoms with E-state index in [2.05, 4.69) is 26.5 Å². The summed E-state index contributed by atoms with van der Waals surface area (Å²) in [5.41, 5.74) is 4.11.